The Bertz CT molecular complexity index is 593. The van der Waals surface area contributed by atoms with Crippen molar-refractivity contribution >= 4 is 31.9 Å². The maximum Gasteiger partial charge on any atom is 0.0347 e. The summed E-state index contributed by atoms with van der Waals surface area (Å²) in [5, 5.41) is 0. The van der Waals surface area contributed by atoms with Crippen LogP contribution in [-0.4, -0.2) is 0 Å². The second-order valence-electron chi connectivity index (χ2n) is 4.91. The van der Waals surface area contributed by atoms with Crippen LogP contribution in [0.25, 0.3) is 0 Å². The Morgan fingerprint density at radius 3 is 2.47 bits per heavy atom. The maximum atomic E-state index is 6.35. The number of nitrogens with two attached hydrogens (primary N) is 1. The lowest BCUT2D eigenvalue weighted by molar-refractivity contribution is 0.715. The molecule has 1 unspecified atom stereocenters. The van der Waals surface area contributed by atoms with Gasteiger partial charge in [0.05, 0.1) is 0 Å². The highest BCUT2D eigenvalue weighted by molar-refractivity contribution is 9.11. The molecule has 0 spiro atoms. The standard InChI is InChI=1S/C16H17Br2N/c1-10-3-4-11(2)12(7-10)8-16(19)14-6-5-13(17)9-15(14)18/h3-7,9,16H,8,19H2,1-2H3. The van der Waals surface area contributed by atoms with Gasteiger partial charge in [-0.25, -0.2) is 0 Å². The second kappa shape index (κ2) is 6.21. The molecule has 1 atom stereocenters. The molecule has 3 heteroatoms. The van der Waals surface area contributed by atoms with Gasteiger partial charge in [-0.15, -0.1) is 0 Å². The number of halogens is 2. The molecule has 100 valence electrons. The molecule has 0 aliphatic carbocycles. The van der Waals surface area contributed by atoms with Crippen molar-refractivity contribution in [3.63, 3.8) is 0 Å². The summed E-state index contributed by atoms with van der Waals surface area (Å²) in [5.74, 6) is 0. The first-order valence-electron chi connectivity index (χ1n) is 6.24. The zero-order valence-corrected chi connectivity index (χ0v) is 14.3. The summed E-state index contributed by atoms with van der Waals surface area (Å²) in [6.45, 7) is 4.25. The highest BCUT2D eigenvalue weighted by atomic mass is 79.9. The minimum atomic E-state index is 0.00275. The smallest absolute Gasteiger partial charge is 0.0347 e. The molecule has 2 N–H and O–H groups in total. The van der Waals surface area contributed by atoms with Crippen LogP contribution >= 0.6 is 31.9 Å². The highest BCUT2D eigenvalue weighted by Gasteiger charge is 2.12. The van der Waals surface area contributed by atoms with E-state index in [4.69, 9.17) is 5.73 Å². The minimum Gasteiger partial charge on any atom is -0.324 e. The van der Waals surface area contributed by atoms with E-state index >= 15 is 0 Å². The van der Waals surface area contributed by atoms with Gasteiger partial charge in [-0.3, -0.25) is 0 Å². The average molecular weight is 383 g/mol. The van der Waals surface area contributed by atoms with Crippen LogP contribution in [0, 0.1) is 13.8 Å². The molecule has 0 radical (unpaired) electrons. The molecule has 1 nitrogen and oxygen atoms in total. The molecule has 0 aliphatic rings. The lowest BCUT2D eigenvalue weighted by Gasteiger charge is -2.16. The second-order valence-corrected chi connectivity index (χ2v) is 6.68. The fourth-order valence-electron chi connectivity index (χ4n) is 2.17. The van der Waals surface area contributed by atoms with E-state index in [1.54, 1.807) is 0 Å². The van der Waals surface area contributed by atoms with Gasteiger partial charge in [0.1, 0.15) is 0 Å². The minimum absolute atomic E-state index is 0.00275. The maximum absolute atomic E-state index is 6.35. The number of aryl methyl sites for hydroxylation is 2. The van der Waals surface area contributed by atoms with Crippen LogP contribution in [0.4, 0.5) is 0 Å². The molecule has 2 aromatic carbocycles. The van der Waals surface area contributed by atoms with E-state index in [2.05, 4.69) is 70.0 Å². The molecule has 2 aromatic rings. The molecule has 0 aliphatic heterocycles. The van der Waals surface area contributed by atoms with Crippen LogP contribution < -0.4 is 5.73 Å². The Morgan fingerprint density at radius 1 is 1.05 bits per heavy atom. The summed E-state index contributed by atoms with van der Waals surface area (Å²) < 4.78 is 2.11. The zero-order chi connectivity index (χ0) is 14.0. The van der Waals surface area contributed by atoms with Gasteiger partial charge in [0.25, 0.3) is 0 Å². The third-order valence-electron chi connectivity index (χ3n) is 3.31. The van der Waals surface area contributed by atoms with Crippen molar-refractivity contribution in [3.8, 4) is 0 Å². The molecule has 0 saturated carbocycles. The van der Waals surface area contributed by atoms with Crippen molar-refractivity contribution in [2.45, 2.75) is 26.3 Å². The van der Waals surface area contributed by atoms with Crippen molar-refractivity contribution in [3.05, 3.63) is 67.6 Å². The van der Waals surface area contributed by atoms with E-state index in [1.165, 1.54) is 16.7 Å². The van der Waals surface area contributed by atoms with Gasteiger partial charge in [0.15, 0.2) is 0 Å². The average Bonchev–Trinajstić information content (AvgIpc) is 2.33. The van der Waals surface area contributed by atoms with Crippen molar-refractivity contribution in [2.24, 2.45) is 5.73 Å². The van der Waals surface area contributed by atoms with Crippen LogP contribution in [0.1, 0.15) is 28.3 Å². The van der Waals surface area contributed by atoms with E-state index in [1.807, 2.05) is 12.1 Å². The topological polar surface area (TPSA) is 26.0 Å². The molecule has 19 heavy (non-hydrogen) atoms. The molecule has 0 saturated heterocycles. The monoisotopic (exact) mass is 381 g/mol. The van der Waals surface area contributed by atoms with Gasteiger partial charge in [-0.2, -0.15) is 0 Å². The molecule has 0 fully saturated rings. The molecule has 0 bridgehead atoms. The summed E-state index contributed by atoms with van der Waals surface area (Å²) in [5.41, 5.74) is 11.4. The Balaban J connectivity index is 2.25. The van der Waals surface area contributed by atoms with E-state index in [9.17, 15) is 0 Å². The summed E-state index contributed by atoms with van der Waals surface area (Å²) >= 11 is 7.05. The SMILES string of the molecule is Cc1ccc(C)c(CC(N)c2ccc(Br)cc2Br)c1. The van der Waals surface area contributed by atoms with Crippen molar-refractivity contribution < 1.29 is 0 Å². The summed E-state index contributed by atoms with van der Waals surface area (Å²) in [4.78, 5) is 0. The summed E-state index contributed by atoms with van der Waals surface area (Å²) in [6, 6.07) is 12.7. The largest absolute Gasteiger partial charge is 0.324 e. The van der Waals surface area contributed by atoms with Crippen LogP contribution in [0.5, 0.6) is 0 Å². The Labute approximate surface area is 131 Å². The van der Waals surface area contributed by atoms with Gasteiger partial charge in [0, 0.05) is 15.0 Å². The Hall–Kier alpha value is -0.640. The van der Waals surface area contributed by atoms with Crippen LogP contribution in [0.3, 0.4) is 0 Å². The van der Waals surface area contributed by atoms with Crippen molar-refractivity contribution in [1.29, 1.82) is 0 Å². The fourth-order valence-corrected chi connectivity index (χ4v) is 3.51. The van der Waals surface area contributed by atoms with E-state index < -0.39 is 0 Å². The Morgan fingerprint density at radius 2 is 1.79 bits per heavy atom. The summed E-state index contributed by atoms with van der Waals surface area (Å²) in [7, 11) is 0. The zero-order valence-electron chi connectivity index (χ0n) is 11.1. The van der Waals surface area contributed by atoms with E-state index in [0.29, 0.717) is 0 Å². The van der Waals surface area contributed by atoms with Gasteiger partial charge in [0.2, 0.25) is 0 Å². The number of hydrogen-bond donors (Lipinski definition) is 1. The van der Waals surface area contributed by atoms with Gasteiger partial charge >= 0.3 is 0 Å². The third-order valence-corrected chi connectivity index (χ3v) is 4.49. The van der Waals surface area contributed by atoms with E-state index in [0.717, 1.165) is 20.9 Å². The first kappa shape index (κ1) is 14.8. The van der Waals surface area contributed by atoms with Crippen molar-refractivity contribution in [2.75, 3.05) is 0 Å². The molecular formula is C16H17Br2N. The van der Waals surface area contributed by atoms with Crippen LogP contribution in [-0.2, 0) is 6.42 Å². The first-order chi connectivity index (χ1) is 8.97. The first-order valence-corrected chi connectivity index (χ1v) is 7.82. The predicted molar refractivity (Wildman–Crippen MR) is 88.4 cm³/mol. The molecule has 0 heterocycles. The van der Waals surface area contributed by atoms with Crippen LogP contribution in [0.15, 0.2) is 45.3 Å². The number of rotatable bonds is 3. The lowest BCUT2D eigenvalue weighted by Crippen LogP contribution is -2.14. The van der Waals surface area contributed by atoms with Gasteiger partial charge in [-0.05, 0) is 49.1 Å². The Kier molecular flexibility index (Phi) is 4.82. The van der Waals surface area contributed by atoms with Gasteiger partial charge in [-0.1, -0.05) is 61.7 Å². The summed E-state index contributed by atoms with van der Waals surface area (Å²) in [6.07, 6.45) is 0.855. The third kappa shape index (κ3) is 3.68. The van der Waals surface area contributed by atoms with Crippen LogP contribution in [0.2, 0.25) is 0 Å². The normalized spacial score (nSPS) is 12.5. The van der Waals surface area contributed by atoms with Crippen molar-refractivity contribution in [1.82, 2.24) is 0 Å². The molecular weight excluding hydrogens is 366 g/mol. The van der Waals surface area contributed by atoms with E-state index in [-0.39, 0.29) is 6.04 Å². The predicted octanol–water partition coefficient (Wildman–Crippen LogP) is 5.07. The number of hydrogen-bond acceptors (Lipinski definition) is 1. The molecule has 0 aromatic heterocycles. The highest BCUT2D eigenvalue weighted by Crippen LogP contribution is 2.28. The lowest BCUT2D eigenvalue weighted by atomic mass is 9.95. The van der Waals surface area contributed by atoms with Gasteiger partial charge < -0.3 is 5.73 Å². The molecule has 0 amide bonds. The fraction of sp³-hybridized carbons (Fsp3) is 0.250. The molecule has 2 rings (SSSR count). The number of benzene rings is 2. The quantitative estimate of drug-likeness (QED) is 0.787.